The van der Waals surface area contributed by atoms with Gasteiger partial charge in [-0.05, 0) is 45.4 Å². The number of carbonyl (C=O) groups excluding carboxylic acids is 1. The fourth-order valence-corrected chi connectivity index (χ4v) is 2.62. The van der Waals surface area contributed by atoms with E-state index in [-0.39, 0.29) is 11.2 Å². The van der Waals surface area contributed by atoms with Crippen molar-refractivity contribution in [1.29, 1.82) is 0 Å². The van der Waals surface area contributed by atoms with E-state index >= 15 is 0 Å². The van der Waals surface area contributed by atoms with Crippen molar-refractivity contribution in [2.45, 2.75) is 44.6 Å². The van der Waals surface area contributed by atoms with E-state index in [1.165, 1.54) is 11.8 Å². The van der Waals surface area contributed by atoms with Gasteiger partial charge < -0.3 is 9.73 Å². The summed E-state index contributed by atoms with van der Waals surface area (Å²) in [7, 11) is 0. The molecule has 0 fully saturated rings. The Morgan fingerprint density at radius 2 is 2.00 bits per heavy atom. The quantitative estimate of drug-likeness (QED) is 0.679. The van der Waals surface area contributed by atoms with Crippen LogP contribution in [-0.4, -0.2) is 21.1 Å². The van der Waals surface area contributed by atoms with Crippen LogP contribution in [0.5, 0.6) is 0 Å². The molecule has 5 nitrogen and oxygen atoms in total. The number of hydrogen-bond donors (Lipinski definition) is 1. The summed E-state index contributed by atoms with van der Waals surface area (Å²) >= 11 is 1.36. The molecule has 0 aromatic carbocycles. The van der Waals surface area contributed by atoms with Gasteiger partial charge in [-0.2, -0.15) is 0 Å². The highest BCUT2D eigenvalue weighted by molar-refractivity contribution is 8.00. The predicted molar refractivity (Wildman–Crippen MR) is 82.1 cm³/mol. The van der Waals surface area contributed by atoms with E-state index in [9.17, 15) is 4.79 Å². The molecule has 2 aromatic heterocycles. The van der Waals surface area contributed by atoms with E-state index in [0.717, 1.165) is 22.7 Å². The summed E-state index contributed by atoms with van der Waals surface area (Å²) in [4.78, 5) is 20.9. The van der Waals surface area contributed by atoms with Crippen molar-refractivity contribution >= 4 is 17.7 Å². The predicted octanol–water partition coefficient (Wildman–Crippen LogP) is 2.79. The molecule has 0 spiro atoms. The van der Waals surface area contributed by atoms with E-state index in [1.54, 1.807) is 12.3 Å². The van der Waals surface area contributed by atoms with Gasteiger partial charge in [0, 0.05) is 11.4 Å². The summed E-state index contributed by atoms with van der Waals surface area (Å²) in [5.74, 6) is 0.676. The fraction of sp³-hybridized carbons (Fsp3) is 0.400. The minimum atomic E-state index is -0.263. The lowest BCUT2D eigenvalue weighted by Gasteiger charge is -2.12. The second kappa shape index (κ2) is 6.76. The van der Waals surface area contributed by atoms with Crippen LogP contribution in [0.15, 0.2) is 28.0 Å². The van der Waals surface area contributed by atoms with Gasteiger partial charge in [-0.1, -0.05) is 11.8 Å². The highest BCUT2D eigenvalue weighted by atomic mass is 32.2. The van der Waals surface area contributed by atoms with Crippen LogP contribution in [0.1, 0.15) is 29.6 Å². The zero-order chi connectivity index (χ0) is 15.4. The monoisotopic (exact) mass is 305 g/mol. The lowest BCUT2D eigenvalue weighted by molar-refractivity contribution is -0.120. The molecular formula is C15H19N3O2S. The number of furan rings is 1. The Labute approximate surface area is 128 Å². The molecule has 1 atom stereocenters. The van der Waals surface area contributed by atoms with E-state index in [1.807, 2.05) is 33.8 Å². The maximum absolute atomic E-state index is 12.1. The molecule has 1 amide bonds. The Bertz CT molecular complexity index is 603. The minimum absolute atomic E-state index is 0.0594. The third kappa shape index (κ3) is 4.07. The van der Waals surface area contributed by atoms with Crippen molar-refractivity contribution in [1.82, 2.24) is 15.3 Å². The van der Waals surface area contributed by atoms with E-state index in [4.69, 9.17) is 4.42 Å². The molecule has 0 radical (unpaired) electrons. The smallest absolute Gasteiger partial charge is 0.233 e. The van der Waals surface area contributed by atoms with Crippen LogP contribution in [-0.2, 0) is 11.3 Å². The first kappa shape index (κ1) is 15.6. The summed E-state index contributed by atoms with van der Waals surface area (Å²) < 4.78 is 5.18. The number of aromatic nitrogens is 2. The van der Waals surface area contributed by atoms with E-state index in [0.29, 0.717) is 11.7 Å². The van der Waals surface area contributed by atoms with Crippen molar-refractivity contribution in [3.05, 3.63) is 41.1 Å². The number of amides is 1. The average Bonchev–Trinajstić information content (AvgIpc) is 2.95. The Morgan fingerprint density at radius 1 is 1.33 bits per heavy atom. The standard InChI is InChI=1S/C15H19N3O2S/c1-9-10(2)17-15(18-11(9)3)21-12(4)14(19)16-8-13-6-5-7-20-13/h5-7,12H,8H2,1-4H3,(H,16,19)/t12-/m0/s1. The Balaban J connectivity index is 1.94. The first-order valence-electron chi connectivity index (χ1n) is 6.76. The van der Waals surface area contributed by atoms with Gasteiger partial charge in [-0.3, -0.25) is 4.79 Å². The summed E-state index contributed by atoms with van der Waals surface area (Å²) in [5, 5.41) is 3.21. The third-order valence-corrected chi connectivity index (χ3v) is 4.24. The normalized spacial score (nSPS) is 12.2. The van der Waals surface area contributed by atoms with Crippen molar-refractivity contribution in [3.63, 3.8) is 0 Å². The lowest BCUT2D eigenvalue weighted by Crippen LogP contribution is -2.30. The number of nitrogens with zero attached hydrogens (tertiary/aromatic N) is 2. The summed E-state index contributed by atoms with van der Waals surface area (Å²) in [6.07, 6.45) is 1.59. The number of hydrogen-bond acceptors (Lipinski definition) is 5. The average molecular weight is 305 g/mol. The molecule has 1 N–H and O–H groups in total. The number of carbonyl (C=O) groups is 1. The van der Waals surface area contributed by atoms with Gasteiger partial charge in [-0.25, -0.2) is 9.97 Å². The Morgan fingerprint density at radius 3 is 2.57 bits per heavy atom. The first-order valence-corrected chi connectivity index (χ1v) is 7.64. The van der Waals surface area contributed by atoms with Gasteiger partial charge in [0.15, 0.2) is 5.16 Å². The molecule has 0 unspecified atom stereocenters. The summed E-state index contributed by atoms with van der Waals surface area (Å²) in [5.41, 5.74) is 3.00. The third-order valence-electron chi connectivity index (χ3n) is 3.28. The molecule has 0 aliphatic carbocycles. The number of nitrogens with one attached hydrogen (secondary N) is 1. The van der Waals surface area contributed by atoms with Crippen LogP contribution in [0.4, 0.5) is 0 Å². The van der Waals surface area contributed by atoms with Crippen LogP contribution in [0.25, 0.3) is 0 Å². The van der Waals surface area contributed by atoms with Crippen LogP contribution < -0.4 is 5.32 Å². The number of thioether (sulfide) groups is 1. The number of aryl methyl sites for hydroxylation is 2. The molecule has 0 bridgehead atoms. The SMILES string of the molecule is Cc1nc(S[C@@H](C)C(=O)NCc2ccco2)nc(C)c1C. The van der Waals surface area contributed by atoms with Crippen LogP contribution >= 0.6 is 11.8 Å². The maximum Gasteiger partial charge on any atom is 0.233 e. The van der Waals surface area contributed by atoms with Gasteiger partial charge in [-0.15, -0.1) is 0 Å². The highest BCUT2D eigenvalue weighted by Gasteiger charge is 2.17. The van der Waals surface area contributed by atoms with E-state index < -0.39 is 0 Å². The molecule has 0 saturated heterocycles. The zero-order valence-corrected chi connectivity index (χ0v) is 13.5. The minimum Gasteiger partial charge on any atom is -0.467 e. The van der Waals surface area contributed by atoms with Gasteiger partial charge in [0.25, 0.3) is 0 Å². The number of rotatable bonds is 5. The van der Waals surface area contributed by atoms with Crippen LogP contribution in [0.2, 0.25) is 0 Å². The molecule has 112 valence electrons. The van der Waals surface area contributed by atoms with Crippen LogP contribution in [0.3, 0.4) is 0 Å². The molecule has 2 heterocycles. The van der Waals surface area contributed by atoms with Crippen LogP contribution in [0, 0.1) is 20.8 Å². The molecule has 0 aliphatic rings. The van der Waals surface area contributed by atoms with Gasteiger partial charge >= 0.3 is 0 Å². The van der Waals surface area contributed by atoms with Crippen molar-refractivity contribution < 1.29 is 9.21 Å². The van der Waals surface area contributed by atoms with Crippen molar-refractivity contribution in [2.75, 3.05) is 0 Å². The van der Waals surface area contributed by atoms with Crippen molar-refractivity contribution in [2.24, 2.45) is 0 Å². The topological polar surface area (TPSA) is 68.0 Å². The molecule has 6 heteroatoms. The lowest BCUT2D eigenvalue weighted by atomic mass is 10.2. The highest BCUT2D eigenvalue weighted by Crippen LogP contribution is 2.21. The summed E-state index contributed by atoms with van der Waals surface area (Å²) in [6.45, 7) is 8.14. The molecule has 21 heavy (non-hydrogen) atoms. The zero-order valence-electron chi connectivity index (χ0n) is 12.6. The molecule has 2 rings (SSSR count). The molecular weight excluding hydrogens is 286 g/mol. The van der Waals surface area contributed by atoms with Gasteiger partial charge in [0.1, 0.15) is 5.76 Å². The molecule has 2 aromatic rings. The summed E-state index contributed by atoms with van der Waals surface area (Å²) in [6, 6.07) is 3.62. The Hall–Kier alpha value is -1.82. The van der Waals surface area contributed by atoms with Crippen molar-refractivity contribution in [3.8, 4) is 0 Å². The molecule has 0 aliphatic heterocycles. The fourth-order valence-electron chi connectivity index (χ4n) is 1.74. The largest absolute Gasteiger partial charge is 0.467 e. The Kier molecular flexibility index (Phi) is 5.01. The first-order chi connectivity index (χ1) is 9.97. The maximum atomic E-state index is 12.1. The van der Waals surface area contributed by atoms with Gasteiger partial charge in [0.05, 0.1) is 18.1 Å². The second-order valence-corrected chi connectivity index (χ2v) is 6.17. The second-order valence-electron chi connectivity index (χ2n) is 4.86. The van der Waals surface area contributed by atoms with E-state index in [2.05, 4.69) is 15.3 Å². The molecule has 0 saturated carbocycles. The van der Waals surface area contributed by atoms with Gasteiger partial charge in [0.2, 0.25) is 5.91 Å².